The van der Waals surface area contributed by atoms with Crippen LogP contribution in [0.5, 0.6) is 0 Å². The van der Waals surface area contributed by atoms with E-state index in [4.69, 9.17) is 4.74 Å². The molecule has 0 aromatic rings. The summed E-state index contributed by atoms with van der Waals surface area (Å²) in [6.07, 6.45) is 7.24. The van der Waals surface area contributed by atoms with Gasteiger partial charge >= 0.3 is 0 Å². The van der Waals surface area contributed by atoms with E-state index in [1.165, 1.54) is 38.6 Å². The van der Waals surface area contributed by atoms with Crippen LogP contribution in [0.15, 0.2) is 0 Å². The van der Waals surface area contributed by atoms with E-state index in [0.717, 1.165) is 12.6 Å². The molecular formula is C12H23NO. The standard InChI is InChI=1S/C12H23NO/c1-3-8-13-10-9-11(14-4-2)12(10)6-5-7-12/h10-11,13H,3-9H2,1-2H3. The van der Waals surface area contributed by atoms with Gasteiger partial charge in [0.15, 0.2) is 0 Å². The molecule has 2 heteroatoms. The summed E-state index contributed by atoms with van der Waals surface area (Å²) in [5, 5.41) is 3.67. The van der Waals surface area contributed by atoms with Gasteiger partial charge in [-0.3, -0.25) is 0 Å². The Labute approximate surface area is 87.4 Å². The van der Waals surface area contributed by atoms with Crippen molar-refractivity contribution < 1.29 is 4.74 Å². The molecule has 0 amide bonds. The molecule has 0 aromatic carbocycles. The molecule has 2 rings (SSSR count). The molecule has 14 heavy (non-hydrogen) atoms. The Balaban J connectivity index is 1.84. The normalized spacial score (nSPS) is 33.9. The Morgan fingerprint density at radius 2 is 2.14 bits per heavy atom. The molecule has 1 N–H and O–H groups in total. The lowest BCUT2D eigenvalue weighted by Crippen LogP contribution is -2.66. The largest absolute Gasteiger partial charge is 0.378 e. The maximum absolute atomic E-state index is 5.81. The third kappa shape index (κ3) is 1.49. The third-order valence-electron chi connectivity index (χ3n) is 4.08. The van der Waals surface area contributed by atoms with Gasteiger partial charge < -0.3 is 10.1 Å². The van der Waals surface area contributed by atoms with Crippen molar-refractivity contribution in [3.05, 3.63) is 0 Å². The molecule has 2 unspecified atom stereocenters. The maximum Gasteiger partial charge on any atom is 0.0661 e. The summed E-state index contributed by atoms with van der Waals surface area (Å²) in [6, 6.07) is 0.757. The molecule has 1 spiro atoms. The topological polar surface area (TPSA) is 21.3 Å². The average molecular weight is 197 g/mol. The van der Waals surface area contributed by atoms with Crippen LogP contribution >= 0.6 is 0 Å². The summed E-state index contributed by atoms with van der Waals surface area (Å²) >= 11 is 0. The predicted octanol–water partition coefficient (Wildman–Crippen LogP) is 2.33. The van der Waals surface area contributed by atoms with Gasteiger partial charge in [-0.05, 0) is 39.2 Å². The molecule has 0 radical (unpaired) electrons. The first kappa shape index (κ1) is 10.4. The fourth-order valence-corrected chi connectivity index (χ4v) is 3.04. The Hall–Kier alpha value is -0.0800. The van der Waals surface area contributed by atoms with E-state index in [9.17, 15) is 0 Å². The number of hydrogen-bond acceptors (Lipinski definition) is 2. The van der Waals surface area contributed by atoms with Crippen LogP contribution in [0.3, 0.4) is 0 Å². The van der Waals surface area contributed by atoms with Crippen molar-refractivity contribution in [1.29, 1.82) is 0 Å². The molecule has 2 aliphatic rings. The minimum atomic E-state index is 0.547. The molecule has 2 fully saturated rings. The lowest BCUT2D eigenvalue weighted by atomic mass is 9.51. The molecule has 2 saturated carbocycles. The van der Waals surface area contributed by atoms with E-state index in [1.54, 1.807) is 0 Å². The van der Waals surface area contributed by atoms with Crippen molar-refractivity contribution in [2.75, 3.05) is 13.2 Å². The van der Waals surface area contributed by atoms with Crippen molar-refractivity contribution in [2.45, 2.75) is 58.1 Å². The summed E-state index contributed by atoms with van der Waals surface area (Å²) in [4.78, 5) is 0. The Kier molecular flexibility index (Phi) is 3.13. The fourth-order valence-electron chi connectivity index (χ4n) is 3.04. The van der Waals surface area contributed by atoms with E-state index in [1.807, 2.05) is 0 Å². The SMILES string of the molecule is CCCNC1CC(OCC)C12CCC2. The molecule has 0 aliphatic heterocycles. The first-order chi connectivity index (χ1) is 6.83. The molecule has 82 valence electrons. The summed E-state index contributed by atoms with van der Waals surface area (Å²) in [5.74, 6) is 0. The first-order valence-corrected chi connectivity index (χ1v) is 6.18. The Bertz CT molecular complexity index is 189. The smallest absolute Gasteiger partial charge is 0.0661 e. The second kappa shape index (κ2) is 4.19. The average Bonchev–Trinajstić information content (AvgIpc) is 2.07. The highest BCUT2D eigenvalue weighted by molar-refractivity contribution is 5.11. The first-order valence-electron chi connectivity index (χ1n) is 6.18. The lowest BCUT2D eigenvalue weighted by molar-refractivity contribution is -0.172. The molecular weight excluding hydrogens is 174 g/mol. The molecule has 0 aromatic heterocycles. The second-order valence-electron chi connectivity index (χ2n) is 4.77. The molecule has 0 saturated heterocycles. The third-order valence-corrected chi connectivity index (χ3v) is 4.08. The lowest BCUT2D eigenvalue weighted by Gasteiger charge is -2.61. The molecule has 0 heterocycles. The monoisotopic (exact) mass is 197 g/mol. The van der Waals surface area contributed by atoms with Gasteiger partial charge in [-0.2, -0.15) is 0 Å². The van der Waals surface area contributed by atoms with Crippen LogP contribution in [0.4, 0.5) is 0 Å². The number of ether oxygens (including phenoxy) is 1. The van der Waals surface area contributed by atoms with Crippen molar-refractivity contribution in [3.63, 3.8) is 0 Å². The predicted molar refractivity (Wildman–Crippen MR) is 58.4 cm³/mol. The number of rotatable bonds is 5. The van der Waals surface area contributed by atoms with Crippen LogP contribution < -0.4 is 5.32 Å². The van der Waals surface area contributed by atoms with Gasteiger partial charge in [0.2, 0.25) is 0 Å². The molecule has 2 aliphatic carbocycles. The summed E-state index contributed by atoms with van der Waals surface area (Å²) in [7, 11) is 0. The maximum atomic E-state index is 5.81. The van der Waals surface area contributed by atoms with Crippen LogP contribution in [-0.4, -0.2) is 25.3 Å². The molecule has 0 bridgehead atoms. The van der Waals surface area contributed by atoms with Crippen LogP contribution in [0, 0.1) is 5.41 Å². The van der Waals surface area contributed by atoms with Gasteiger partial charge in [0.1, 0.15) is 0 Å². The number of nitrogens with one attached hydrogen (secondary N) is 1. The van der Waals surface area contributed by atoms with Crippen LogP contribution in [-0.2, 0) is 4.74 Å². The van der Waals surface area contributed by atoms with E-state index in [0.29, 0.717) is 11.5 Å². The van der Waals surface area contributed by atoms with Crippen LogP contribution in [0.1, 0.15) is 46.0 Å². The number of hydrogen-bond donors (Lipinski definition) is 1. The van der Waals surface area contributed by atoms with E-state index < -0.39 is 0 Å². The van der Waals surface area contributed by atoms with Gasteiger partial charge in [-0.25, -0.2) is 0 Å². The summed E-state index contributed by atoms with van der Waals surface area (Å²) in [6.45, 7) is 6.40. The van der Waals surface area contributed by atoms with E-state index >= 15 is 0 Å². The Morgan fingerprint density at radius 1 is 1.36 bits per heavy atom. The fraction of sp³-hybridized carbons (Fsp3) is 1.00. The van der Waals surface area contributed by atoms with Crippen molar-refractivity contribution in [2.24, 2.45) is 5.41 Å². The molecule has 2 nitrogen and oxygen atoms in total. The quantitative estimate of drug-likeness (QED) is 0.730. The van der Waals surface area contributed by atoms with Crippen molar-refractivity contribution >= 4 is 0 Å². The Morgan fingerprint density at radius 3 is 2.64 bits per heavy atom. The summed E-state index contributed by atoms with van der Waals surface area (Å²) in [5.41, 5.74) is 0.547. The van der Waals surface area contributed by atoms with Gasteiger partial charge in [-0.15, -0.1) is 0 Å². The second-order valence-corrected chi connectivity index (χ2v) is 4.77. The summed E-state index contributed by atoms with van der Waals surface area (Å²) < 4.78 is 5.81. The van der Waals surface area contributed by atoms with E-state index in [-0.39, 0.29) is 0 Å². The minimum Gasteiger partial charge on any atom is -0.378 e. The zero-order chi connectivity index (χ0) is 10.0. The van der Waals surface area contributed by atoms with Gasteiger partial charge in [0.05, 0.1) is 6.10 Å². The van der Waals surface area contributed by atoms with Gasteiger partial charge in [-0.1, -0.05) is 13.3 Å². The van der Waals surface area contributed by atoms with E-state index in [2.05, 4.69) is 19.2 Å². The van der Waals surface area contributed by atoms with Gasteiger partial charge in [0, 0.05) is 18.1 Å². The van der Waals surface area contributed by atoms with Gasteiger partial charge in [0.25, 0.3) is 0 Å². The van der Waals surface area contributed by atoms with Crippen molar-refractivity contribution in [1.82, 2.24) is 5.32 Å². The molecule has 2 atom stereocenters. The zero-order valence-electron chi connectivity index (χ0n) is 9.51. The minimum absolute atomic E-state index is 0.547. The van der Waals surface area contributed by atoms with Crippen molar-refractivity contribution in [3.8, 4) is 0 Å². The highest BCUT2D eigenvalue weighted by Crippen LogP contribution is 2.57. The zero-order valence-corrected chi connectivity index (χ0v) is 9.51. The highest BCUT2D eigenvalue weighted by Gasteiger charge is 2.58. The van der Waals surface area contributed by atoms with Crippen LogP contribution in [0.2, 0.25) is 0 Å². The highest BCUT2D eigenvalue weighted by atomic mass is 16.5. The van der Waals surface area contributed by atoms with Crippen LogP contribution in [0.25, 0.3) is 0 Å².